The van der Waals surface area contributed by atoms with Crippen molar-refractivity contribution in [3.8, 4) is 22.6 Å². The Morgan fingerprint density at radius 1 is 0.500 bits per heavy atom. The Hall–Kier alpha value is -5.98. The zero-order chi connectivity index (χ0) is 52.4. The Morgan fingerprint density at radius 2 is 0.794 bits per heavy atom. The molecule has 0 spiro atoms. The van der Waals surface area contributed by atoms with Crippen LogP contribution in [0.1, 0.15) is 61.1 Å². The molecule has 0 heterocycles. The second-order valence-electron chi connectivity index (χ2n) is 15.0. The van der Waals surface area contributed by atoms with Gasteiger partial charge in [0.05, 0.1) is 21.2 Å². The Balaban J connectivity index is 0.000000982. The van der Waals surface area contributed by atoms with E-state index >= 15 is 0 Å². The van der Waals surface area contributed by atoms with E-state index < -0.39 is 82.3 Å². The number of rotatable bonds is 15. The quantitative estimate of drug-likeness (QED) is 0.0619. The standard InChI is InChI=1S/C38H36Cl2F6N2O6.2C2HF3O2/c1-35(2,33(49)50)47-17-21-11-13-29(27(15-21)37(41,42)43)53-19-23-7-5-9-25(31(23)39)26-10-6-8-24(32(26)40)20-54-30-14-12-22(16-28(30)38(44,45)46)18-48-36(3,4)34(51)52;2*3-2(4,5)1(6)7/h5-16,47-48H,17-20H2,1-4H3,(H,49,50)(H,51,52);2*(H,6,7). The number of alkyl halides is 12. The third-order valence-corrected chi connectivity index (χ3v) is 9.83. The van der Waals surface area contributed by atoms with Crippen LogP contribution in [-0.2, 0) is 57.8 Å². The third kappa shape index (κ3) is 17.3. The topological polar surface area (TPSA) is 192 Å². The van der Waals surface area contributed by atoms with E-state index in [0.717, 1.165) is 24.3 Å². The minimum atomic E-state index is -5.08. The highest BCUT2D eigenvalue weighted by Gasteiger charge is 2.40. The molecule has 4 aromatic carbocycles. The number of nitrogens with one attached hydrogen (secondary N) is 2. The minimum absolute atomic E-state index is 0.109. The molecule has 0 fully saturated rings. The van der Waals surface area contributed by atoms with Crippen LogP contribution in [-0.4, -0.2) is 67.7 Å². The van der Waals surface area contributed by atoms with Crippen molar-refractivity contribution in [2.75, 3.05) is 0 Å². The second-order valence-corrected chi connectivity index (χ2v) is 15.7. The lowest BCUT2D eigenvalue weighted by molar-refractivity contribution is -0.193. The van der Waals surface area contributed by atoms with Gasteiger partial charge in [-0.25, -0.2) is 9.59 Å². The molecule has 0 unspecified atom stereocenters. The predicted molar refractivity (Wildman–Crippen MR) is 218 cm³/mol. The molecule has 0 atom stereocenters. The molecule has 0 aliphatic carbocycles. The average molecular weight is 1030 g/mol. The Kier molecular flexibility index (Phi) is 19.6. The van der Waals surface area contributed by atoms with Gasteiger partial charge in [-0.05, 0) is 63.1 Å². The maximum atomic E-state index is 14.0. The first-order valence-corrected chi connectivity index (χ1v) is 19.4. The summed E-state index contributed by atoms with van der Waals surface area (Å²) in [7, 11) is 0. The van der Waals surface area contributed by atoms with E-state index in [9.17, 15) is 72.5 Å². The molecule has 12 nitrogen and oxygen atoms in total. The van der Waals surface area contributed by atoms with Crippen LogP contribution in [0.15, 0.2) is 72.8 Å². The molecule has 0 radical (unpaired) electrons. The van der Waals surface area contributed by atoms with Crippen LogP contribution >= 0.6 is 23.2 Å². The molecular formula is C42H38Cl2F12N2O10. The van der Waals surface area contributed by atoms with Crippen LogP contribution in [0.25, 0.3) is 11.1 Å². The van der Waals surface area contributed by atoms with Crippen LogP contribution < -0.4 is 20.1 Å². The first-order chi connectivity index (χ1) is 30.9. The van der Waals surface area contributed by atoms with E-state index in [2.05, 4.69) is 10.6 Å². The van der Waals surface area contributed by atoms with Crippen LogP contribution in [0, 0.1) is 0 Å². The number of carbonyl (C=O) groups is 4. The predicted octanol–water partition coefficient (Wildman–Crippen LogP) is 11.0. The van der Waals surface area contributed by atoms with E-state index in [1.165, 1.54) is 39.8 Å². The van der Waals surface area contributed by atoms with Crippen molar-refractivity contribution >= 4 is 47.1 Å². The first-order valence-electron chi connectivity index (χ1n) is 18.7. The number of carboxylic acid groups (broad SMARTS) is 4. The van der Waals surface area contributed by atoms with Gasteiger partial charge in [0.2, 0.25) is 0 Å². The summed E-state index contributed by atoms with van der Waals surface area (Å²) >= 11 is 13.4. The summed E-state index contributed by atoms with van der Waals surface area (Å²) in [5.41, 5.74) is -3.16. The largest absolute Gasteiger partial charge is 0.490 e. The van der Waals surface area contributed by atoms with Crippen molar-refractivity contribution in [3.63, 3.8) is 0 Å². The summed E-state index contributed by atoms with van der Waals surface area (Å²) in [6, 6.07) is 16.3. The average Bonchev–Trinajstić information content (AvgIpc) is 3.21. The summed E-state index contributed by atoms with van der Waals surface area (Å²) in [6.07, 6.45) is -19.8. The monoisotopic (exact) mass is 1030 g/mol. The van der Waals surface area contributed by atoms with Gasteiger partial charge in [-0.3, -0.25) is 20.2 Å². The van der Waals surface area contributed by atoms with Gasteiger partial charge in [-0.1, -0.05) is 71.7 Å². The van der Waals surface area contributed by atoms with Gasteiger partial charge in [0, 0.05) is 35.3 Å². The van der Waals surface area contributed by atoms with Gasteiger partial charge in [0.25, 0.3) is 0 Å². The smallest absolute Gasteiger partial charge is 0.488 e. The highest BCUT2D eigenvalue weighted by atomic mass is 35.5. The van der Waals surface area contributed by atoms with Crippen molar-refractivity contribution in [3.05, 3.63) is 116 Å². The van der Waals surface area contributed by atoms with E-state index in [-0.39, 0.29) is 47.5 Å². The summed E-state index contributed by atoms with van der Waals surface area (Å²) in [4.78, 5) is 40.5. The van der Waals surface area contributed by atoms with Crippen molar-refractivity contribution in [2.45, 2.75) is 89.8 Å². The summed E-state index contributed by atoms with van der Waals surface area (Å²) in [6.45, 7) is 4.48. The fraction of sp³-hybridized carbons (Fsp3) is 0.333. The highest BCUT2D eigenvalue weighted by Crippen LogP contribution is 2.41. The molecule has 0 saturated carbocycles. The van der Waals surface area contributed by atoms with Gasteiger partial charge < -0.3 is 29.9 Å². The van der Waals surface area contributed by atoms with E-state index in [1.54, 1.807) is 36.4 Å². The van der Waals surface area contributed by atoms with E-state index in [1.807, 2.05) is 0 Å². The maximum Gasteiger partial charge on any atom is 0.490 e. The molecule has 0 aliphatic rings. The third-order valence-electron chi connectivity index (χ3n) is 8.94. The molecule has 4 rings (SSSR count). The van der Waals surface area contributed by atoms with E-state index in [4.69, 9.17) is 52.5 Å². The summed E-state index contributed by atoms with van der Waals surface area (Å²) in [5, 5.41) is 38.4. The molecule has 374 valence electrons. The zero-order valence-electron chi connectivity index (χ0n) is 35.3. The maximum absolute atomic E-state index is 14.0. The van der Waals surface area contributed by atoms with Crippen molar-refractivity contribution in [1.82, 2.24) is 10.6 Å². The molecule has 0 bridgehead atoms. The Morgan fingerprint density at radius 3 is 1.04 bits per heavy atom. The number of benzene rings is 4. The Labute approximate surface area is 387 Å². The summed E-state index contributed by atoms with van der Waals surface area (Å²) in [5.74, 6) is -8.81. The van der Waals surface area contributed by atoms with Crippen LogP contribution in [0.3, 0.4) is 0 Å². The van der Waals surface area contributed by atoms with Crippen molar-refractivity contribution in [1.29, 1.82) is 0 Å². The molecule has 4 aromatic rings. The summed E-state index contributed by atoms with van der Waals surface area (Å²) < 4.78 is 159. The number of hydrogen-bond donors (Lipinski definition) is 6. The molecule has 0 saturated heterocycles. The van der Waals surface area contributed by atoms with Crippen LogP contribution in [0.2, 0.25) is 10.0 Å². The van der Waals surface area contributed by atoms with Gasteiger partial charge in [0.15, 0.2) is 0 Å². The first kappa shape index (κ1) is 58.1. The Bertz CT molecular complexity index is 2270. The zero-order valence-corrected chi connectivity index (χ0v) is 36.8. The molecule has 0 aromatic heterocycles. The van der Waals surface area contributed by atoms with Crippen molar-refractivity contribution in [2.24, 2.45) is 0 Å². The van der Waals surface area contributed by atoms with Crippen LogP contribution in [0.4, 0.5) is 52.7 Å². The van der Waals surface area contributed by atoms with Gasteiger partial charge in [0.1, 0.15) is 35.8 Å². The van der Waals surface area contributed by atoms with Crippen molar-refractivity contribution < 1.29 is 102 Å². The number of hydrogen-bond acceptors (Lipinski definition) is 8. The normalized spacial score (nSPS) is 12.2. The molecule has 68 heavy (non-hydrogen) atoms. The molecular weight excluding hydrogens is 991 g/mol. The fourth-order valence-electron chi connectivity index (χ4n) is 4.98. The highest BCUT2D eigenvalue weighted by molar-refractivity contribution is 6.37. The molecule has 6 N–H and O–H groups in total. The van der Waals surface area contributed by atoms with Gasteiger partial charge in [-0.2, -0.15) is 52.7 Å². The number of ether oxygens (including phenoxy) is 2. The van der Waals surface area contributed by atoms with Gasteiger partial charge in [-0.15, -0.1) is 0 Å². The lowest BCUT2D eigenvalue weighted by Gasteiger charge is -2.22. The molecule has 0 aliphatic heterocycles. The van der Waals surface area contributed by atoms with Gasteiger partial charge >= 0.3 is 48.6 Å². The number of aliphatic carboxylic acids is 4. The minimum Gasteiger partial charge on any atom is -0.488 e. The van der Waals surface area contributed by atoms with E-state index in [0.29, 0.717) is 22.3 Å². The number of halogens is 14. The lowest BCUT2D eigenvalue weighted by Crippen LogP contribution is -2.46. The van der Waals surface area contributed by atoms with Crippen LogP contribution in [0.5, 0.6) is 11.5 Å². The molecule has 26 heteroatoms. The lowest BCUT2D eigenvalue weighted by atomic mass is 10.0. The SMILES string of the molecule is CC(C)(NCc1ccc(OCc2cccc(-c3cccc(COc4ccc(CNC(C)(C)C(=O)O)cc4C(F)(F)F)c3Cl)c2Cl)c(C(F)(F)F)c1)C(=O)O.O=C(O)C(F)(F)F.O=C(O)C(F)(F)F. The fourth-order valence-corrected chi connectivity index (χ4v) is 5.54. The molecule has 0 amide bonds. The number of carboxylic acids is 4. The second kappa shape index (κ2) is 22.9.